The minimum atomic E-state index is -4.13. The van der Waals surface area contributed by atoms with E-state index in [1.807, 2.05) is 0 Å². The maximum absolute atomic E-state index is 12.8. The number of halogens is 3. The first kappa shape index (κ1) is 23.3. The van der Waals surface area contributed by atoms with Crippen LogP contribution in [0.1, 0.15) is 50.6 Å². The Morgan fingerprint density at radius 1 is 1.24 bits per heavy atom. The number of hydrogen-bond donors (Lipinski definition) is 1. The lowest BCUT2D eigenvalue weighted by atomic mass is 9.82. The lowest BCUT2D eigenvalue weighted by Gasteiger charge is -2.29. The Kier molecular flexibility index (Phi) is 6.20. The van der Waals surface area contributed by atoms with Gasteiger partial charge in [-0.2, -0.15) is 18.3 Å². The highest BCUT2D eigenvalue weighted by molar-refractivity contribution is 5.80. The summed E-state index contributed by atoms with van der Waals surface area (Å²) in [6.45, 7) is 1.97. The molecule has 2 aliphatic rings. The monoisotopic (exact) mass is 465 g/mol. The van der Waals surface area contributed by atoms with Gasteiger partial charge in [-0.25, -0.2) is 4.98 Å². The molecule has 4 rings (SSSR count). The van der Waals surface area contributed by atoms with Crippen LogP contribution in [0.5, 0.6) is 11.6 Å². The quantitative estimate of drug-likeness (QED) is 0.623. The molecule has 2 heterocycles. The molecule has 7 nitrogen and oxygen atoms in total. The van der Waals surface area contributed by atoms with Gasteiger partial charge < -0.3 is 14.6 Å². The first-order valence-electron chi connectivity index (χ1n) is 10.9. The number of rotatable bonds is 7. The third-order valence-corrected chi connectivity index (χ3v) is 6.87. The molecule has 0 aliphatic heterocycles. The molecule has 2 atom stereocenters. The maximum atomic E-state index is 12.8. The van der Waals surface area contributed by atoms with Gasteiger partial charge in [0.25, 0.3) is 0 Å². The highest BCUT2D eigenvalue weighted by atomic mass is 19.4. The SMILES string of the molecule is COc1ccc(-c2cnnc(OC[C@H]3CC[C@H](C(F)(F)F)CC3)c2)nc1[C@H]1C[C@]1(C)C(=O)O. The van der Waals surface area contributed by atoms with Crippen LogP contribution in [0.25, 0.3) is 11.3 Å². The number of nitrogens with zero attached hydrogens (tertiary/aromatic N) is 3. The summed E-state index contributed by atoms with van der Waals surface area (Å²) in [6.07, 6.45) is -0.943. The normalized spacial score (nSPS) is 27.1. The van der Waals surface area contributed by atoms with Gasteiger partial charge in [-0.3, -0.25) is 4.79 Å². The molecule has 0 aromatic carbocycles. The number of carboxylic acid groups (broad SMARTS) is 1. The van der Waals surface area contributed by atoms with Crippen molar-refractivity contribution in [1.29, 1.82) is 0 Å². The Bertz CT molecular complexity index is 1020. The number of aliphatic carboxylic acids is 1. The summed E-state index contributed by atoms with van der Waals surface area (Å²) in [4.78, 5) is 16.2. The summed E-state index contributed by atoms with van der Waals surface area (Å²) >= 11 is 0. The van der Waals surface area contributed by atoms with Crippen molar-refractivity contribution >= 4 is 5.97 Å². The van der Waals surface area contributed by atoms with Crippen molar-refractivity contribution in [3.05, 3.63) is 30.1 Å². The molecule has 2 aromatic rings. The standard InChI is InChI=1S/C23H26F3N3O4/c1-22(21(30)31)10-16(22)20-18(32-2)8-7-17(28-20)14-9-19(29-27-11-14)33-12-13-3-5-15(6-4-13)23(24,25)26/h7-9,11,13,15-16H,3-6,10,12H2,1-2H3,(H,30,31)/t13-,15-,16-,22+/m1/s1. The van der Waals surface area contributed by atoms with Crippen molar-refractivity contribution in [3.8, 4) is 22.9 Å². The fourth-order valence-electron chi connectivity index (χ4n) is 4.46. The zero-order chi connectivity index (χ0) is 23.8. The number of methoxy groups -OCH3 is 1. The van der Waals surface area contributed by atoms with E-state index in [0.717, 1.165) is 0 Å². The van der Waals surface area contributed by atoms with Gasteiger partial charge in [0.05, 0.1) is 42.6 Å². The number of hydrogen-bond acceptors (Lipinski definition) is 6. The molecule has 2 aliphatic carbocycles. The van der Waals surface area contributed by atoms with Crippen LogP contribution in [-0.4, -0.2) is 46.2 Å². The predicted octanol–water partition coefficient (Wildman–Crippen LogP) is 4.87. The van der Waals surface area contributed by atoms with Gasteiger partial charge in [-0.05, 0) is 57.1 Å². The van der Waals surface area contributed by atoms with Crippen molar-refractivity contribution in [2.75, 3.05) is 13.7 Å². The van der Waals surface area contributed by atoms with Gasteiger partial charge >= 0.3 is 12.1 Å². The molecule has 33 heavy (non-hydrogen) atoms. The third-order valence-electron chi connectivity index (χ3n) is 6.87. The largest absolute Gasteiger partial charge is 0.495 e. The highest BCUT2D eigenvalue weighted by Crippen LogP contribution is 2.60. The second-order valence-corrected chi connectivity index (χ2v) is 9.12. The Morgan fingerprint density at radius 3 is 2.58 bits per heavy atom. The predicted molar refractivity (Wildman–Crippen MR) is 112 cm³/mol. The molecule has 0 amide bonds. The van der Waals surface area contributed by atoms with Crippen LogP contribution in [0.15, 0.2) is 24.4 Å². The lowest BCUT2D eigenvalue weighted by Crippen LogP contribution is -2.29. The highest BCUT2D eigenvalue weighted by Gasteiger charge is 2.59. The van der Waals surface area contributed by atoms with Crippen molar-refractivity contribution in [2.45, 2.75) is 51.1 Å². The van der Waals surface area contributed by atoms with E-state index in [9.17, 15) is 23.1 Å². The summed E-state index contributed by atoms with van der Waals surface area (Å²) in [5, 5.41) is 17.4. The topological polar surface area (TPSA) is 94.4 Å². The van der Waals surface area contributed by atoms with Crippen molar-refractivity contribution in [2.24, 2.45) is 17.3 Å². The lowest BCUT2D eigenvalue weighted by molar-refractivity contribution is -0.184. The maximum Gasteiger partial charge on any atom is 0.391 e. The molecule has 0 saturated heterocycles. The summed E-state index contributed by atoms with van der Waals surface area (Å²) in [5.74, 6) is -1.49. The summed E-state index contributed by atoms with van der Waals surface area (Å²) in [7, 11) is 1.52. The van der Waals surface area contributed by atoms with Gasteiger partial charge in [0.15, 0.2) is 0 Å². The summed E-state index contributed by atoms with van der Waals surface area (Å²) in [6, 6.07) is 5.18. The second kappa shape index (κ2) is 8.79. The van der Waals surface area contributed by atoms with E-state index < -0.39 is 23.5 Å². The number of alkyl halides is 3. The van der Waals surface area contributed by atoms with E-state index in [-0.39, 0.29) is 37.2 Å². The summed E-state index contributed by atoms with van der Waals surface area (Å²) in [5.41, 5.74) is 0.938. The number of ether oxygens (including phenoxy) is 2. The third kappa shape index (κ3) is 4.89. The van der Waals surface area contributed by atoms with Gasteiger partial charge in [0.1, 0.15) is 5.75 Å². The van der Waals surface area contributed by atoms with Crippen LogP contribution in [0, 0.1) is 17.3 Å². The fraction of sp³-hybridized carbons (Fsp3) is 0.565. The second-order valence-electron chi connectivity index (χ2n) is 9.12. The fourth-order valence-corrected chi connectivity index (χ4v) is 4.46. The van der Waals surface area contributed by atoms with Crippen molar-refractivity contribution in [3.63, 3.8) is 0 Å². The minimum Gasteiger partial charge on any atom is -0.495 e. The van der Waals surface area contributed by atoms with Gasteiger partial charge in [0.2, 0.25) is 5.88 Å². The smallest absolute Gasteiger partial charge is 0.391 e. The zero-order valence-corrected chi connectivity index (χ0v) is 18.4. The summed E-state index contributed by atoms with van der Waals surface area (Å²) < 4.78 is 49.7. The van der Waals surface area contributed by atoms with Crippen LogP contribution in [0.4, 0.5) is 13.2 Å². The minimum absolute atomic E-state index is 0.0448. The molecule has 0 unspecified atom stereocenters. The van der Waals surface area contributed by atoms with E-state index in [0.29, 0.717) is 42.0 Å². The molecular formula is C23H26F3N3O4. The van der Waals surface area contributed by atoms with Gasteiger partial charge in [-0.15, -0.1) is 5.10 Å². The number of carbonyl (C=O) groups is 1. The van der Waals surface area contributed by atoms with Crippen molar-refractivity contribution in [1.82, 2.24) is 15.2 Å². The molecule has 178 valence electrons. The van der Waals surface area contributed by atoms with Crippen LogP contribution < -0.4 is 9.47 Å². The van der Waals surface area contributed by atoms with Crippen LogP contribution in [-0.2, 0) is 4.79 Å². The van der Waals surface area contributed by atoms with Crippen molar-refractivity contribution < 1.29 is 32.5 Å². The van der Waals surface area contributed by atoms with Gasteiger partial charge in [-0.1, -0.05) is 0 Å². The number of carboxylic acids is 1. The first-order valence-corrected chi connectivity index (χ1v) is 10.9. The van der Waals surface area contributed by atoms with E-state index in [2.05, 4.69) is 15.2 Å². The van der Waals surface area contributed by atoms with Crippen LogP contribution in [0.3, 0.4) is 0 Å². The molecule has 0 spiro atoms. The molecular weight excluding hydrogens is 439 g/mol. The van der Waals surface area contributed by atoms with Crippen LogP contribution >= 0.6 is 0 Å². The van der Waals surface area contributed by atoms with E-state index in [1.165, 1.54) is 13.3 Å². The molecule has 2 saturated carbocycles. The average Bonchev–Trinajstić information content (AvgIpc) is 3.50. The molecule has 2 aromatic heterocycles. The Morgan fingerprint density at radius 2 is 1.97 bits per heavy atom. The van der Waals surface area contributed by atoms with E-state index >= 15 is 0 Å². The molecule has 2 fully saturated rings. The average molecular weight is 465 g/mol. The molecule has 0 bridgehead atoms. The zero-order valence-electron chi connectivity index (χ0n) is 18.4. The Labute approximate surface area is 189 Å². The molecule has 1 N–H and O–H groups in total. The van der Waals surface area contributed by atoms with E-state index in [1.54, 1.807) is 25.1 Å². The molecule has 0 radical (unpaired) electrons. The molecule has 10 heteroatoms. The Balaban J connectivity index is 1.44. The van der Waals surface area contributed by atoms with Gasteiger partial charge in [0, 0.05) is 17.5 Å². The first-order chi connectivity index (χ1) is 15.6. The van der Waals surface area contributed by atoms with E-state index in [4.69, 9.17) is 9.47 Å². The number of pyridine rings is 1. The van der Waals surface area contributed by atoms with Crippen LogP contribution in [0.2, 0.25) is 0 Å². The Hall–Kier alpha value is -2.91. The number of aromatic nitrogens is 3.